The Morgan fingerprint density at radius 2 is 1.97 bits per heavy atom. The second-order valence-electron chi connectivity index (χ2n) is 8.60. The summed E-state index contributed by atoms with van der Waals surface area (Å²) in [5.74, 6) is 0.138. The second kappa shape index (κ2) is 10.1. The minimum Gasteiger partial charge on any atom is -0.495 e. The maximum Gasteiger partial charge on any atom is 0.266 e. The smallest absolute Gasteiger partial charge is 0.266 e. The van der Waals surface area contributed by atoms with E-state index in [0.717, 1.165) is 11.3 Å². The second-order valence-corrected chi connectivity index (χ2v) is 9.60. The zero-order valence-corrected chi connectivity index (χ0v) is 21.8. The third-order valence-electron chi connectivity index (χ3n) is 6.33. The van der Waals surface area contributed by atoms with Crippen LogP contribution in [0.2, 0.25) is 0 Å². The van der Waals surface area contributed by atoms with Gasteiger partial charge in [-0.3, -0.25) is 23.7 Å². The van der Waals surface area contributed by atoms with E-state index in [1.54, 1.807) is 54.3 Å². The van der Waals surface area contributed by atoms with Gasteiger partial charge in [-0.2, -0.15) is 0 Å². The first-order chi connectivity index (χ1) is 18.3. The molecule has 194 valence electrons. The first-order valence-electron chi connectivity index (χ1n) is 11.9. The largest absolute Gasteiger partial charge is 0.495 e. The van der Waals surface area contributed by atoms with Gasteiger partial charge in [0, 0.05) is 12.1 Å². The number of carbonyl (C=O) groups is 3. The van der Waals surface area contributed by atoms with E-state index in [4.69, 9.17) is 9.47 Å². The predicted molar refractivity (Wildman–Crippen MR) is 144 cm³/mol. The van der Waals surface area contributed by atoms with E-state index < -0.39 is 5.56 Å². The molecule has 0 saturated heterocycles. The summed E-state index contributed by atoms with van der Waals surface area (Å²) in [5, 5.41) is 3.11. The summed E-state index contributed by atoms with van der Waals surface area (Å²) in [6.45, 7) is 3.67. The zero-order chi connectivity index (χ0) is 27.0. The SMILES string of the molecule is CCN1C(=O)COc2ccc(C(=O)Cn3cnc4sc(C(=O)Nc5ccccc5OC)c(C)c4c3=O)cc21. The van der Waals surface area contributed by atoms with Gasteiger partial charge in [-0.15, -0.1) is 11.3 Å². The van der Waals surface area contributed by atoms with Crippen LogP contribution in [0.3, 0.4) is 0 Å². The predicted octanol–water partition coefficient (Wildman–Crippen LogP) is 3.66. The summed E-state index contributed by atoms with van der Waals surface area (Å²) >= 11 is 1.11. The van der Waals surface area contributed by atoms with Crippen molar-refractivity contribution in [1.29, 1.82) is 0 Å². The number of para-hydroxylation sites is 2. The number of fused-ring (bicyclic) bond motifs is 2. The lowest BCUT2D eigenvalue weighted by Gasteiger charge is -2.28. The van der Waals surface area contributed by atoms with Crippen molar-refractivity contribution in [3.05, 3.63) is 75.1 Å². The molecule has 0 bridgehead atoms. The number of hydrogen-bond donors (Lipinski definition) is 1. The van der Waals surface area contributed by atoms with Gasteiger partial charge in [-0.1, -0.05) is 12.1 Å². The van der Waals surface area contributed by atoms with Crippen LogP contribution >= 0.6 is 11.3 Å². The molecule has 0 fully saturated rings. The van der Waals surface area contributed by atoms with Crippen LogP contribution in [-0.2, 0) is 11.3 Å². The lowest BCUT2D eigenvalue weighted by molar-refractivity contribution is -0.121. The highest BCUT2D eigenvalue weighted by molar-refractivity contribution is 7.20. The zero-order valence-electron chi connectivity index (χ0n) is 20.9. The van der Waals surface area contributed by atoms with Crippen LogP contribution in [0, 0.1) is 6.92 Å². The standard InChI is InChI=1S/C27H24N4O6S/c1-4-31-18-11-16(9-10-21(18)37-13-22(31)33)19(32)12-30-14-28-26-23(27(30)35)15(2)24(38-26)25(34)29-17-7-5-6-8-20(17)36-3/h5-11,14H,4,12-13H2,1-3H3,(H,29,34). The molecule has 4 aromatic rings. The van der Waals surface area contributed by atoms with Gasteiger partial charge >= 0.3 is 0 Å². The van der Waals surface area contributed by atoms with E-state index in [1.165, 1.54) is 18.0 Å². The van der Waals surface area contributed by atoms with Gasteiger partial charge in [0.25, 0.3) is 17.4 Å². The molecule has 1 aliphatic heterocycles. The van der Waals surface area contributed by atoms with Gasteiger partial charge in [-0.05, 0) is 49.7 Å². The van der Waals surface area contributed by atoms with E-state index in [1.807, 2.05) is 6.92 Å². The molecule has 0 atom stereocenters. The molecular formula is C27H24N4O6S. The molecule has 3 heterocycles. The molecule has 10 nitrogen and oxygen atoms in total. The Morgan fingerprint density at radius 1 is 1.18 bits per heavy atom. The number of ketones is 1. The number of thiophene rings is 1. The third-order valence-corrected chi connectivity index (χ3v) is 7.53. The van der Waals surface area contributed by atoms with Crippen molar-refractivity contribution in [2.45, 2.75) is 20.4 Å². The molecule has 0 saturated carbocycles. The highest BCUT2D eigenvalue weighted by Crippen LogP contribution is 2.33. The van der Waals surface area contributed by atoms with Gasteiger partial charge < -0.3 is 19.7 Å². The quantitative estimate of drug-likeness (QED) is 0.361. The number of Topliss-reactive ketones (excluding diaryl/α,β-unsaturated/α-hetero) is 1. The monoisotopic (exact) mass is 532 g/mol. The van der Waals surface area contributed by atoms with Crippen LogP contribution in [-0.4, -0.2) is 47.4 Å². The Labute approximate surface area is 221 Å². The van der Waals surface area contributed by atoms with Crippen molar-refractivity contribution in [2.24, 2.45) is 0 Å². The third kappa shape index (κ3) is 4.41. The van der Waals surface area contributed by atoms with Crippen molar-refractivity contribution in [1.82, 2.24) is 9.55 Å². The number of rotatable bonds is 7. The lowest BCUT2D eigenvalue weighted by atomic mass is 10.1. The number of benzene rings is 2. The molecule has 0 unspecified atom stereocenters. The fraction of sp³-hybridized carbons (Fsp3) is 0.222. The summed E-state index contributed by atoms with van der Waals surface area (Å²) in [5.41, 5.74) is 1.44. The topological polar surface area (TPSA) is 120 Å². The molecular weight excluding hydrogens is 508 g/mol. The summed E-state index contributed by atoms with van der Waals surface area (Å²) in [6, 6.07) is 11.9. The minimum absolute atomic E-state index is 0.0475. The van der Waals surface area contributed by atoms with Gasteiger partial charge in [0.05, 0.1) is 41.6 Å². The van der Waals surface area contributed by atoms with E-state index in [-0.39, 0.29) is 36.1 Å². The number of anilines is 2. The number of amides is 2. The fourth-order valence-corrected chi connectivity index (χ4v) is 5.42. The van der Waals surface area contributed by atoms with Crippen molar-refractivity contribution in [2.75, 3.05) is 30.5 Å². The van der Waals surface area contributed by atoms with Crippen LogP contribution in [0.4, 0.5) is 11.4 Å². The molecule has 2 amide bonds. The van der Waals surface area contributed by atoms with Crippen LogP contribution in [0.1, 0.15) is 32.5 Å². The van der Waals surface area contributed by atoms with Gasteiger partial charge in [-0.25, -0.2) is 4.98 Å². The van der Waals surface area contributed by atoms with E-state index in [9.17, 15) is 19.2 Å². The average molecular weight is 533 g/mol. The summed E-state index contributed by atoms with van der Waals surface area (Å²) in [7, 11) is 1.51. The lowest BCUT2D eigenvalue weighted by Crippen LogP contribution is -2.38. The van der Waals surface area contributed by atoms with E-state index >= 15 is 0 Å². The molecule has 1 N–H and O–H groups in total. The van der Waals surface area contributed by atoms with Crippen molar-refractivity contribution in [3.8, 4) is 11.5 Å². The first-order valence-corrected chi connectivity index (χ1v) is 12.7. The fourth-order valence-electron chi connectivity index (χ4n) is 4.38. The maximum atomic E-state index is 13.3. The van der Waals surface area contributed by atoms with Crippen molar-refractivity contribution >= 4 is 50.5 Å². The Morgan fingerprint density at radius 3 is 2.74 bits per heavy atom. The number of ether oxygens (including phenoxy) is 2. The average Bonchev–Trinajstić information content (AvgIpc) is 3.27. The van der Waals surface area contributed by atoms with E-state index in [0.29, 0.717) is 50.3 Å². The van der Waals surface area contributed by atoms with Crippen LogP contribution in [0.5, 0.6) is 11.5 Å². The number of hydrogen-bond acceptors (Lipinski definition) is 8. The Balaban J connectivity index is 1.42. The van der Waals surface area contributed by atoms with Gasteiger partial charge in [0.2, 0.25) is 0 Å². The number of aromatic nitrogens is 2. The van der Waals surface area contributed by atoms with Gasteiger partial charge in [0.15, 0.2) is 12.4 Å². The first kappa shape index (κ1) is 25.2. The molecule has 38 heavy (non-hydrogen) atoms. The Bertz CT molecular complexity index is 1660. The van der Waals surface area contributed by atoms with Gasteiger partial charge in [0.1, 0.15) is 16.3 Å². The number of carbonyl (C=O) groups excluding carboxylic acids is 3. The Hall–Kier alpha value is -4.51. The maximum absolute atomic E-state index is 13.3. The molecule has 11 heteroatoms. The summed E-state index contributed by atoms with van der Waals surface area (Å²) in [4.78, 5) is 58.3. The molecule has 0 aliphatic carbocycles. The minimum atomic E-state index is -0.417. The van der Waals surface area contributed by atoms with Crippen molar-refractivity contribution in [3.63, 3.8) is 0 Å². The van der Waals surface area contributed by atoms with Crippen LogP contribution in [0.25, 0.3) is 10.2 Å². The molecule has 1 aliphatic rings. The molecule has 2 aromatic carbocycles. The summed E-state index contributed by atoms with van der Waals surface area (Å²) in [6.07, 6.45) is 1.31. The molecule has 0 radical (unpaired) electrons. The highest BCUT2D eigenvalue weighted by Gasteiger charge is 2.26. The van der Waals surface area contributed by atoms with E-state index in [2.05, 4.69) is 10.3 Å². The number of aryl methyl sites for hydroxylation is 1. The molecule has 5 rings (SSSR count). The van der Waals surface area contributed by atoms with Crippen molar-refractivity contribution < 1.29 is 23.9 Å². The molecule has 2 aromatic heterocycles. The number of nitrogens with one attached hydrogen (secondary N) is 1. The normalized spacial score (nSPS) is 12.7. The summed E-state index contributed by atoms with van der Waals surface area (Å²) < 4.78 is 12.0. The number of likely N-dealkylation sites (N-methyl/N-ethyl adjacent to an activating group) is 1. The molecule has 0 spiro atoms. The van der Waals surface area contributed by atoms with Crippen LogP contribution < -0.4 is 25.2 Å². The van der Waals surface area contributed by atoms with Crippen LogP contribution in [0.15, 0.2) is 53.6 Å². The number of nitrogens with zero attached hydrogens (tertiary/aromatic N) is 3. The number of methoxy groups -OCH3 is 1. The highest BCUT2D eigenvalue weighted by atomic mass is 32.1. The Kier molecular flexibility index (Phi) is 6.68.